The average molecular weight is 1280 g/mol. The Morgan fingerprint density at radius 3 is 1.14 bits per heavy atom. The Morgan fingerprint density at radius 2 is 0.805 bits per heavy atom. The van der Waals surface area contributed by atoms with Crippen LogP contribution in [0.1, 0.15) is 153 Å². The summed E-state index contributed by atoms with van der Waals surface area (Å²) < 4.78 is 41.6. The molecule has 14 nitrogen and oxygen atoms in total. The van der Waals surface area contributed by atoms with E-state index in [1.165, 1.54) is 102 Å². The van der Waals surface area contributed by atoms with Crippen molar-refractivity contribution in [3.63, 3.8) is 0 Å². The van der Waals surface area contributed by atoms with Crippen LogP contribution in [0.25, 0.3) is 0 Å². The predicted octanol–water partition coefficient (Wildman–Crippen LogP) is 14.6. The van der Waals surface area contributed by atoms with Crippen LogP contribution in [-0.4, -0.2) is 49.8 Å². The molecule has 0 atom stereocenters. The molecule has 0 aromatic heterocycles. The molecule has 0 fully saturated rings. The van der Waals surface area contributed by atoms with E-state index in [1.807, 2.05) is 74.5 Å². The summed E-state index contributed by atoms with van der Waals surface area (Å²) in [5.74, 6) is -0.432. The van der Waals surface area contributed by atoms with E-state index >= 15 is 0 Å². The third kappa shape index (κ3) is 25.7. The van der Waals surface area contributed by atoms with Gasteiger partial charge in [0.15, 0.2) is 36.2 Å². The summed E-state index contributed by atoms with van der Waals surface area (Å²) >= 11 is -2.51. The Balaban J connectivity index is 0.00000416. The van der Waals surface area contributed by atoms with E-state index in [1.54, 1.807) is 36.7 Å². The van der Waals surface area contributed by atoms with Crippen LogP contribution in [0.5, 0.6) is 11.5 Å². The maximum absolute atomic E-state index is 13.7. The van der Waals surface area contributed by atoms with Crippen molar-refractivity contribution in [1.29, 1.82) is 0 Å². The molecule has 0 saturated carbocycles. The van der Waals surface area contributed by atoms with E-state index in [2.05, 4.69) is 35.1 Å². The van der Waals surface area contributed by atoms with Gasteiger partial charge in [0.1, 0.15) is 0 Å². The molecule has 0 aliphatic heterocycles. The first-order valence-electron chi connectivity index (χ1n) is 27.8. The van der Waals surface area contributed by atoms with Crippen molar-refractivity contribution >= 4 is 46.1 Å². The predicted molar refractivity (Wildman–Crippen MR) is 302 cm³/mol. The van der Waals surface area contributed by atoms with E-state index in [4.69, 9.17) is 23.4 Å². The monoisotopic (exact) mass is 1280 g/mol. The zero-order valence-corrected chi connectivity index (χ0v) is 50.1. The molecule has 0 bridgehead atoms. The van der Waals surface area contributed by atoms with Crippen LogP contribution in [0.3, 0.4) is 0 Å². The van der Waals surface area contributed by atoms with Gasteiger partial charge in [-0.1, -0.05) is 177 Å². The fraction of sp³-hybridized carbons (Fsp3) is 0.452. The molecular weight excluding hydrogens is 1200 g/mol. The molecular formula is C62H82N4O10U. The topological polar surface area (TPSA) is 187 Å². The number of hydrogen-bond acceptors (Lipinski definition) is 12. The number of hydrogen-bond donors (Lipinski definition) is 4. The summed E-state index contributed by atoms with van der Waals surface area (Å²) in [5.41, 5.74) is 5.08. The first-order chi connectivity index (χ1) is 37.5. The number of carbonyl (C=O) groups excluding carboxylic acids is 4. The maximum atomic E-state index is 13.7. The summed E-state index contributed by atoms with van der Waals surface area (Å²) in [6.07, 6.45) is 37.1. The molecule has 0 spiro atoms. The van der Waals surface area contributed by atoms with Crippen molar-refractivity contribution < 1.29 is 70.4 Å². The van der Waals surface area contributed by atoms with E-state index in [-0.39, 0.29) is 24.7 Å². The Kier molecular flexibility index (Phi) is 31.6. The Hall–Kier alpha value is -6.17. The molecule has 2 amide bonds. The van der Waals surface area contributed by atoms with E-state index < -0.39 is 51.2 Å². The molecule has 77 heavy (non-hydrogen) atoms. The normalized spacial score (nSPS) is 13.7. The minimum atomic E-state index is -2.51. The number of carbonyl (C=O) groups is 4. The average Bonchev–Trinajstić information content (AvgIpc) is 3.42. The van der Waals surface area contributed by atoms with Gasteiger partial charge in [-0.25, -0.2) is 0 Å². The fourth-order valence-corrected chi connectivity index (χ4v) is 8.35. The molecule has 3 aromatic carbocycles. The van der Waals surface area contributed by atoms with Crippen molar-refractivity contribution in [2.24, 2.45) is 0 Å². The number of amides is 2. The third-order valence-corrected chi connectivity index (χ3v) is 12.8. The molecule has 3 aromatic rings. The van der Waals surface area contributed by atoms with Crippen LogP contribution in [0, 0.1) is 41.7 Å². The molecule has 414 valence electrons. The van der Waals surface area contributed by atoms with Crippen LogP contribution in [-0.2, 0) is 33.1 Å². The zero-order valence-electron chi connectivity index (χ0n) is 45.9. The molecule has 15 heteroatoms. The number of benzene rings is 3. The fourth-order valence-electron chi connectivity index (χ4n) is 8.35. The van der Waals surface area contributed by atoms with E-state index in [0.29, 0.717) is 58.6 Å². The van der Waals surface area contributed by atoms with Gasteiger partial charge in [0.05, 0.1) is 24.6 Å². The Bertz CT molecular complexity index is 2370. The molecule has 5 rings (SSSR count). The van der Waals surface area contributed by atoms with Gasteiger partial charge in [-0.15, -0.1) is 0 Å². The molecule has 0 radical (unpaired) electrons. The number of ether oxygens (including phenoxy) is 4. The van der Waals surface area contributed by atoms with Gasteiger partial charge in [-0.05, 0) is 75.3 Å². The number of nitrogens with one attached hydrogen (secondary N) is 4. The minimum absolute atomic E-state index is 0.0280. The number of rotatable bonds is 36. The van der Waals surface area contributed by atoms with Crippen LogP contribution in [0.15, 0.2) is 132 Å². The molecule has 0 heterocycles. The van der Waals surface area contributed by atoms with Crippen LogP contribution >= 0.6 is 0 Å². The zero-order chi connectivity index (χ0) is 55.3. The van der Waals surface area contributed by atoms with Crippen LogP contribution in [0.2, 0.25) is 0 Å². The first kappa shape index (κ1) is 63.4. The standard InChI is InChI=1S/C62H82N4O8.2O.U/c1-5-7-9-11-13-15-17-19-21-23-39-71-57-41-53(63-43-49-27-25-29-55(61(49)69)73-45-59(67)65-51-35-31-47(3)32-36-51)54(42-58(57)72-40-24-22-20-18-16-14-12-10-8-6-2)64-44-50-28-26-30-56(62(50)70)74-46-60(68)66-52-37-33-48(4)34-38-52;;;/h25-38,41-44,63-64H,5-24,39-40,45-46H2,1-4H3,(H,65,67)(H,66,68);;;/b49-43-,50-44-;;;. The quantitative estimate of drug-likeness (QED) is 0.0319. The summed E-state index contributed by atoms with van der Waals surface area (Å²) in [6, 6.07) is 18.5. The number of allylic oxidation sites excluding steroid dienone is 8. The number of ketones is 2. The Morgan fingerprint density at radius 1 is 0.481 bits per heavy atom. The summed E-state index contributed by atoms with van der Waals surface area (Å²) in [5, 5.41) is 12.2. The second-order valence-electron chi connectivity index (χ2n) is 19.3. The van der Waals surface area contributed by atoms with Gasteiger partial charge in [0, 0.05) is 47.1 Å². The van der Waals surface area contributed by atoms with Crippen LogP contribution in [0.4, 0.5) is 22.7 Å². The summed E-state index contributed by atoms with van der Waals surface area (Å²) in [7, 11) is 0. The van der Waals surface area contributed by atoms with Gasteiger partial charge in [-0.2, -0.15) is 0 Å². The van der Waals surface area contributed by atoms with Gasteiger partial charge in [0.2, 0.25) is 11.6 Å². The second kappa shape index (κ2) is 38.4. The van der Waals surface area contributed by atoms with Crippen LogP contribution < -0.4 is 30.7 Å². The SMILES string of the molecule is CCCCCCCCCCCCOc1cc(N/C=C2/C=CC=C(OCC(=O)Nc3ccc(C)cc3)C2=O)c(N/C=C2/C=CC=C(OCC(=O)Nc3ccc(C)cc3)C2=O)cc1OCCCCCCCCCCCC.[O]=[U]=[O]. The third-order valence-electron chi connectivity index (χ3n) is 12.8. The number of Topliss-reactive ketones (excluding diaryl/α,β-unsaturated/α-hetero) is 2. The second-order valence-corrected chi connectivity index (χ2v) is 20.0. The Labute approximate surface area is 472 Å². The molecule has 2 aliphatic carbocycles. The van der Waals surface area contributed by atoms with Crippen molar-refractivity contribution in [2.45, 2.75) is 156 Å². The van der Waals surface area contributed by atoms with E-state index in [0.717, 1.165) is 49.7 Å². The number of aryl methyl sites for hydroxylation is 2. The summed E-state index contributed by atoms with van der Waals surface area (Å²) in [6.45, 7) is 8.74. The molecule has 0 saturated heterocycles. The summed E-state index contributed by atoms with van der Waals surface area (Å²) in [4.78, 5) is 52.9. The van der Waals surface area contributed by atoms with Crippen molar-refractivity contribution in [3.8, 4) is 11.5 Å². The molecule has 0 unspecified atom stereocenters. The molecule has 4 N–H and O–H groups in total. The van der Waals surface area contributed by atoms with Gasteiger partial charge in [0.25, 0.3) is 11.8 Å². The van der Waals surface area contributed by atoms with E-state index in [9.17, 15) is 19.2 Å². The number of anilines is 4. The first-order valence-corrected chi connectivity index (χ1v) is 31.2. The number of unbranched alkanes of at least 4 members (excludes halogenated alkanes) is 18. The van der Waals surface area contributed by atoms with Crippen molar-refractivity contribution in [3.05, 3.63) is 143 Å². The van der Waals surface area contributed by atoms with Gasteiger partial charge < -0.3 is 40.2 Å². The molecule has 2 aliphatic rings. The van der Waals surface area contributed by atoms with Gasteiger partial charge >= 0.3 is 32.3 Å². The van der Waals surface area contributed by atoms with Crippen molar-refractivity contribution in [1.82, 2.24) is 0 Å². The van der Waals surface area contributed by atoms with Gasteiger partial charge in [-0.3, -0.25) is 19.2 Å². The van der Waals surface area contributed by atoms with Crippen molar-refractivity contribution in [2.75, 3.05) is 47.7 Å².